The topological polar surface area (TPSA) is 89.9 Å². The second-order valence-electron chi connectivity index (χ2n) is 5.82. The van der Waals surface area contributed by atoms with Crippen molar-refractivity contribution in [2.75, 3.05) is 19.8 Å². The molecule has 23 heavy (non-hydrogen) atoms. The summed E-state index contributed by atoms with van der Waals surface area (Å²) in [6.07, 6.45) is 3.99. The summed E-state index contributed by atoms with van der Waals surface area (Å²) in [6, 6.07) is 2.19. The lowest BCUT2D eigenvalue weighted by Crippen LogP contribution is -2.54. The fourth-order valence-corrected chi connectivity index (χ4v) is 4.25. The second kappa shape index (κ2) is 7.27. The molecule has 1 aromatic heterocycles. The van der Waals surface area contributed by atoms with Crippen LogP contribution in [0.5, 0.6) is 0 Å². The monoisotopic (exact) mass is 339 g/mol. The fourth-order valence-electron chi connectivity index (χ4n) is 2.89. The molecule has 2 rings (SSSR count). The normalized spacial score (nSPS) is 21.8. The first kappa shape index (κ1) is 17.7. The number of H-pyrrole nitrogens is 1. The Labute approximate surface area is 138 Å². The number of aromatic nitrogens is 1. The van der Waals surface area contributed by atoms with Gasteiger partial charge >= 0.3 is 0 Å². The Morgan fingerprint density at radius 2 is 2.22 bits per heavy atom. The molecule has 1 heterocycles. The summed E-state index contributed by atoms with van der Waals surface area (Å²) in [5.74, 6) is 1.70. The predicted octanol–water partition coefficient (Wildman–Crippen LogP) is 1.52. The molecule has 7 nitrogen and oxygen atoms in total. The Hall–Kier alpha value is -1.67. The number of hydrogen-bond donors (Lipinski definition) is 2. The maximum Gasteiger partial charge on any atom is 0.211 e. The number of rotatable bonds is 7. The molecular formula is C15H25N5O2S. The number of nitrogens with one attached hydrogen (secondary N) is 2. The van der Waals surface area contributed by atoms with Crippen LogP contribution in [0.15, 0.2) is 22.2 Å². The van der Waals surface area contributed by atoms with Crippen molar-refractivity contribution in [3.05, 3.63) is 17.8 Å². The van der Waals surface area contributed by atoms with E-state index in [0.29, 0.717) is 12.2 Å². The van der Waals surface area contributed by atoms with E-state index in [0.717, 1.165) is 24.2 Å². The van der Waals surface area contributed by atoms with Gasteiger partial charge in [-0.15, -0.1) is 0 Å². The van der Waals surface area contributed by atoms with E-state index < -0.39 is 10.0 Å². The molecule has 0 atom stereocenters. The number of hydrogen-bond acceptors (Lipinski definition) is 4. The van der Waals surface area contributed by atoms with Crippen LogP contribution in [0.4, 0.5) is 5.82 Å². The van der Waals surface area contributed by atoms with Crippen molar-refractivity contribution >= 4 is 28.4 Å². The van der Waals surface area contributed by atoms with E-state index in [1.807, 2.05) is 20.0 Å². The van der Waals surface area contributed by atoms with Gasteiger partial charge in [0.2, 0.25) is 10.0 Å². The Morgan fingerprint density at radius 1 is 1.52 bits per heavy atom. The van der Waals surface area contributed by atoms with E-state index in [9.17, 15) is 8.42 Å². The molecule has 2 N–H and O–H groups in total. The minimum absolute atomic E-state index is 0.0142. The Balaban J connectivity index is 1.98. The number of amidine groups is 1. The second-order valence-corrected chi connectivity index (χ2v) is 7.69. The quantitative estimate of drug-likeness (QED) is 0.583. The first-order chi connectivity index (χ1) is 10.9. The summed E-state index contributed by atoms with van der Waals surface area (Å²) in [4.78, 5) is 13.4. The number of aromatic amines is 1. The highest BCUT2D eigenvalue weighted by Crippen LogP contribution is 2.28. The van der Waals surface area contributed by atoms with Crippen LogP contribution in [0.25, 0.3) is 0 Å². The van der Waals surface area contributed by atoms with Crippen molar-refractivity contribution in [1.82, 2.24) is 14.6 Å². The van der Waals surface area contributed by atoms with Crippen LogP contribution < -0.4 is 4.72 Å². The molecule has 0 saturated heterocycles. The fraction of sp³-hybridized carbons (Fsp3) is 0.600. The van der Waals surface area contributed by atoms with Gasteiger partial charge in [0, 0.05) is 32.4 Å². The third-order valence-corrected chi connectivity index (χ3v) is 5.79. The van der Waals surface area contributed by atoms with Gasteiger partial charge in [-0.05, 0) is 32.0 Å². The van der Waals surface area contributed by atoms with Gasteiger partial charge in [-0.25, -0.2) is 18.1 Å². The number of sulfonamides is 1. The molecule has 1 aliphatic carbocycles. The molecule has 0 radical (unpaired) electrons. The van der Waals surface area contributed by atoms with Gasteiger partial charge in [0.05, 0.1) is 11.3 Å². The van der Waals surface area contributed by atoms with Crippen LogP contribution in [0, 0.1) is 0 Å². The van der Waals surface area contributed by atoms with Crippen LogP contribution in [0.1, 0.15) is 31.7 Å². The van der Waals surface area contributed by atoms with E-state index in [2.05, 4.69) is 31.3 Å². The molecule has 1 aliphatic rings. The first-order valence-electron chi connectivity index (χ1n) is 7.76. The summed E-state index contributed by atoms with van der Waals surface area (Å²) < 4.78 is 26.4. The van der Waals surface area contributed by atoms with Crippen LogP contribution in [0.3, 0.4) is 0 Å². The average molecular weight is 339 g/mol. The van der Waals surface area contributed by atoms with Crippen molar-refractivity contribution in [2.45, 2.75) is 38.3 Å². The van der Waals surface area contributed by atoms with E-state index in [4.69, 9.17) is 0 Å². The average Bonchev–Trinajstić information content (AvgIpc) is 2.91. The maximum atomic E-state index is 11.8. The zero-order chi connectivity index (χ0) is 17.0. The first-order valence-corrected chi connectivity index (χ1v) is 9.41. The smallest absolute Gasteiger partial charge is 0.211 e. The van der Waals surface area contributed by atoms with Gasteiger partial charge in [0.1, 0.15) is 11.7 Å². The minimum Gasteiger partial charge on any atom is -0.356 e. The molecule has 1 saturated carbocycles. The van der Waals surface area contributed by atoms with Gasteiger partial charge in [-0.1, -0.05) is 6.92 Å². The molecule has 0 aliphatic heterocycles. The molecule has 0 aromatic carbocycles. The van der Waals surface area contributed by atoms with E-state index in [1.165, 1.54) is 0 Å². The molecule has 8 heteroatoms. The lowest BCUT2D eigenvalue weighted by atomic mass is 9.86. The lowest BCUT2D eigenvalue weighted by molar-refractivity contribution is 0.198. The SMILES string of the molecule is C=Nc1[nH]ccc1/C(=N\C)N(C)C1CC(NS(=O)(=O)CCC)C1. The van der Waals surface area contributed by atoms with Crippen LogP contribution in [0.2, 0.25) is 0 Å². The molecule has 0 bridgehead atoms. The zero-order valence-corrected chi connectivity index (χ0v) is 14.7. The van der Waals surface area contributed by atoms with Gasteiger partial charge in [0.25, 0.3) is 0 Å². The third-order valence-electron chi connectivity index (χ3n) is 4.15. The number of aliphatic imine (C=N–C) groups is 2. The zero-order valence-electron chi connectivity index (χ0n) is 13.9. The Bertz CT molecular complexity index is 674. The highest BCUT2D eigenvalue weighted by Gasteiger charge is 2.36. The molecule has 128 valence electrons. The van der Waals surface area contributed by atoms with Crippen molar-refractivity contribution in [1.29, 1.82) is 0 Å². The van der Waals surface area contributed by atoms with E-state index >= 15 is 0 Å². The summed E-state index contributed by atoms with van der Waals surface area (Å²) in [7, 11) is 0.570. The Morgan fingerprint density at radius 3 is 2.78 bits per heavy atom. The third kappa shape index (κ3) is 4.00. The van der Waals surface area contributed by atoms with E-state index in [1.54, 1.807) is 13.2 Å². The summed E-state index contributed by atoms with van der Waals surface area (Å²) in [6.45, 7) is 5.42. The van der Waals surface area contributed by atoms with Crippen LogP contribution >= 0.6 is 0 Å². The summed E-state index contributed by atoms with van der Waals surface area (Å²) in [5, 5.41) is 0. The Kier molecular flexibility index (Phi) is 5.59. The van der Waals surface area contributed by atoms with Gasteiger partial charge in [-0.2, -0.15) is 0 Å². The van der Waals surface area contributed by atoms with Crippen molar-refractivity contribution in [3.8, 4) is 0 Å². The van der Waals surface area contributed by atoms with Gasteiger partial charge < -0.3 is 9.88 Å². The molecule has 1 fully saturated rings. The number of nitrogens with zero attached hydrogens (tertiary/aromatic N) is 3. The van der Waals surface area contributed by atoms with Crippen molar-refractivity contribution in [2.24, 2.45) is 9.98 Å². The van der Waals surface area contributed by atoms with Crippen molar-refractivity contribution < 1.29 is 8.42 Å². The molecule has 0 amide bonds. The highest BCUT2D eigenvalue weighted by atomic mass is 32.2. The van der Waals surface area contributed by atoms with Crippen LogP contribution in [-0.4, -0.2) is 62.8 Å². The largest absolute Gasteiger partial charge is 0.356 e. The standard InChI is InChI=1S/C15H25N5O2S/c1-5-8-23(21,22)19-11-9-12(10-11)20(4)15(17-3)13-6-7-18-14(13)16-2/h6-7,11-12,18-19H,2,5,8-10H2,1,3-4H3/b17-15+. The molecule has 0 spiro atoms. The summed E-state index contributed by atoms with van der Waals surface area (Å²) >= 11 is 0. The van der Waals surface area contributed by atoms with Crippen LogP contribution in [-0.2, 0) is 10.0 Å². The lowest BCUT2D eigenvalue weighted by Gasteiger charge is -2.42. The molecule has 1 aromatic rings. The molecule has 0 unspecified atom stereocenters. The van der Waals surface area contributed by atoms with Gasteiger partial charge in [-0.3, -0.25) is 4.99 Å². The van der Waals surface area contributed by atoms with Crippen molar-refractivity contribution in [3.63, 3.8) is 0 Å². The molecular weight excluding hydrogens is 314 g/mol. The summed E-state index contributed by atoms with van der Waals surface area (Å²) in [5.41, 5.74) is 0.903. The van der Waals surface area contributed by atoms with Gasteiger partial charge in [0.15, 0.2) is 0 Å². The predicted molar refractivity (Wildman–Crippen MR) is 94.2 cm³/mol. The highest BCUT2D eigenvalue weighted by molar-refractivity contribution is 7.89. The maximum absolute atomic E-state index is 11.8. The minimum atomic E-state index is -3.15. The van der Waals surface area contributed by atoms with E-state index in [-0.39, 0.29) is 17.8 Å².